The molecule has 1 fully saturated rings. The van der Waals surface area contributed by atoms with Gasteiger partial charge < -0.3 is 15.4 Å². The molecule has 11 heteroatoms. The largest absolute Gasteiger partial charge is 0.475 e. The molecule has 4 heterocycles. The van der Waals surface area contributed by atoms with Crippen molar-refractivity contribution in [3.05, 3.63) is 90.1 Å². The predicted molar refractivity (Wildman–Crippen MR) is 161 cm³/mol. The second kappa shape index (κ2) is 11.9. The van der Waals surface area contributed by atoms with Crippen molar-refractivity contribution in [2.75, 3.05) is 17.2 Å². The number of amides is 1. The molecule has 1 unspecified atom stereocenters. The quantitative estimate of drug-likeness (QED) is 0.288. The van der Waals surface area contributed by atoms with Gasteiger partial charge >= 0.3 is 0 Å². The van der Waals surface area contributed by atoms with Crippen LogP contribution in [0.5, 0.6) is 5.88 Å². The fourth-order valence-electron chi connectivity index (χ4n) is 4.86. The third-order valence-electron chi connectivity index (χ3n) is 6.71. The summed E-state index contributed by atoms with van der Waals surface area (Å²) in [4.78, 5) is 28.9. The van der Waals surface area contributed by atoms with E-state index in [4.69, 9.17) is 15.5 Å². The zero-order chi connectivity index (χ0) is 29.0. The minimum absolute atomic E-state index is 0. The van der Waals surface area contributed by atoms with Gasteiger partial charge in [-0.3, -0.25) is 4.79 Å². The summed E-state index contributed by atoms with van der Waals surface area (Å²) in [6.45, 7) is 4.51. The number of carbonyl (C=O) groups excluding carboxylic acids is 1. The highest BCUT2D eigenvalue weighted by Gasteiger charge is 2.30. The van der Waals surface area contributed by atoms with Gasteiger partial charge in [-0.25, -0.2) is 19.7 Å². The van der Waals surface area contributed by atoms with Gasteiger partial charge in [-0.05, 0) is 69.0 Å². The van der Waals surface area contributed by atoms with Crippen molar-refractivity contribution in [3.8, 4) is 17.1 Å². The predicted octanol–water partition coefficient (Wildman–Crippen LogP) is 5.25. The number of benzene rings is 1. The van der Waals surface area contributed by atoms with Gasteiger partial charge in [0.2, 0.25) is 5.88 Å². The Hall–Kier alpha value is -4.51. The SMILES string of the molecule is CC(C)Oc1ccc(-c2ccc(C(=O)NS(=O)(=O)c3cccc(N)n3)c(N3CCCCC3c3ccccc3)n2)cn1.[HH].[HH]. The second-order valence-corrected chi connectivity index (χ2v) is 11.7. The highest BCUT2D eigenvalue weighted by atomic mass is 32.2. The van der Waals surface area contributed by atoms with Crippen LogP contribution in [0.15, 0.2) is 84.0 Å². The van der Waals surface area contributed by atoms with E-state index in [0.29, 0.717) is 23.9 Å². The van der Waals surface area contributed by atoms with Gasteiger partial charge in [-0.2, -0.15) is 8.42 Å². The van der Waals surface area contributed by atoms with Gasteiger partial charge in [0, 0.05) is 27.2 Å². The van der Waals surface area contributed by atoms with Crippen molar-refractivity contribution in [2.24, 2.45) is 0 Å². The van der Waals surface area contributed by atoms with E-state index < -0.39 is 15.9 Å². The van der Waals surface area contributed by atoms with E-state index in [9.17, 15) is 13.2 Å². The van der Waals surface area contributed by atoms with Crippen LogP contribution in [-0.4, -0.2) is 41.9 Å². The lowest BCUT2D eigenvalue weighted by Crippen LogP contribution is -2.37. The molecule has 1 saturated heterocycles. The minimum Gasteiger partial charge on any atom is -0.475 e. The molecular formula is C30H36N6O4S. The number of carbonyl (C=O) groups is 1. The number of pyridine rings is 3. The maximum atomic E-state index is 13.6. The Bertz CT molecular complexity index is 1640. The molecule has 1 aromatic carbocycles. The van der Waals surface area contributed by atoms with E-state index in [-0.39, 0.29) is 31.4 Å². The normalized spacial score (nSPS) is 15.5. The molecule has 4 aromatic rings. The van der Waals surface area contributed by atoms with E-state index in [1.165, 1.54) is 18.2 Å². The summed E-state index contributed by atoms with van der Waals surface area (Å²) < 4.78 is 33.9. The van der Waals surface area contributed by atoms with E-state index in [1.54, 1.807) is 24.4 Å². The Morgan fingerprint density at radius 1 is 1.02 bits per heavy atom. The van der Waals surface area contributed by atoms with Crippen molar-refractivity contribution in [3.63, 3.8) is 0 Å². The first-order chi connectivity index (χ1) is 19.7. The Morgan fingerprint density at radius 3 is 2.54 bits per heavy atom. The third kappa shape index (κ3) is 6.46. The molecule has 216 valence electrons. The minimum atomic E-state index is -4.28. The average Bonchev–Trinajstić information content (AvgIpc) is 2.97. The first-order valence-corrected chi connectivity index (χ1v) is 14.9. The number of anilines is 2. The zero-order valence-electron chi connectivity index (χ0n) is 22.9. The van der Waals surface area contributed by atoms with Crippen LogP contribution in [0.2, 0.25) is 0 Å². The number of nitrogen functional groups attached to an aromatic ring is 1. The number of sulfonamides is 1. The van der Waals surface area contributed by atoms with Crippen LogP contribution in [0, 0.1) is 0 Å². The summed E-state index contributed by atoms with van der Waals surface area (Å²) in [6, 6.07) is 21.1. The zero-order valence-corrected chi connectivity index (χ0v) is 23.7. The van der Waals surface area contributed by atoms with Gasteiger partial charge in [0.05, 0.1) is 23.4 Å². The first kappa shape index (κ1) is 28.0. The fraction of sp³-hybridized carbons (Fsp3) is 0.267. The molecule has 1 aliphatic rings. The van der Waals surface area contributed by atoms with Crippen molar-refractivity contribution < 1.29 is 20.8 Å². The van der Waals surface area contributed by atoms with Gasteiger partial charge in [0.1, 0.15) is 11.6 Å². The maximum Gasteiger partial charge on any atom is 0.281 e. The maximum absolute atomic E-state index is 13.6. The average molecular weight is 577 g/mol. The number of nitrogens with two attached hydrogens (primary N) is 1. The number of ether oxygens (including phenoxy) is 1. The van der Waals surface area contributed by atoms with Crippen LogP contribution < -0.4 is 20.1 Å². The lowest BCUT2D eigenvalue weighted by atomic mass is 9.94. The first-order valence-electron chi connectivity index (χ1n) is 13.5. The van der Waals surface area contributed by atoms with E-state index >= 15 is 0 Å². The van der Waals surface area contributed by atoms with Crippen LogP contribution in [0.4, 0.5) is 11.6 Å². The Balaban J connectivity index is 0.00000253. The lowest BCUT2D eigenvalue weighted by molar-refractivity contribution is 0.0981. The van der Waals surface area contributed by atoms with Gasteiger partial charge in [0.15, 0.2) is 5.03 Å². The Labute approximate surface area is 242 Å². The standard InChI is InChI=1S/C30H32N6O4S.2H2/c1-20(2)40-27-17-14-22(19-32-27)24-16-15-23(30(37)35-41(38,39)28-13-8-12-26(31)34-28)29(33-24)36-18-7-6-11-25(36)21-9-4-3-5-10-21;;/h3-5,8-10,12-17,19-20,25H,6-7,11,18H2,1-2H3,(H2,31,34)(H,35,37);2*1H. The van der Waals surface area contributed by atoms with Crippen LogP contribution in [-0.2, 0) is 10.0 Å². The van der Waals surface area contributed by atoms with Gasteiger partial charge in [-0.15, -0.1) is 0 Å². The number of nitrogens with one attached hydrogen (secondary N) is 1. The molecular weight excluding hydrogens is 540 g/mol. The summed E-state index contributed by atoms with van der Waals surface area (Å²) in [6.07, 6.45) is 4.46. The molecule has 0 radical (unpaired) electrons. The number of nitrogens with zero attached hydrogens (tertiary/aromatic N) is 4. The number of hydrogen-bond acceptors (Lipinski definition) is 9. The summed E-state index contributed by atoms with van der Waals surface area (Å²) in [7, 11) is -4.28. The second-order valence-electron chi connectivity index (χ2n) is 10.1. The van der Waals surface area contributed by atoms with Crippen LogP contribution >= 0.6 is 0 Å². The summed E-state index contributed by atoms with van der Waals surface area (Å²) in [5.74, 6) is 0.122. The Morgan fingerprint density at radius 2 is 1.83 bits per heavy atom. The third-order valence-corrected chi connectivity index (χ3v) is 7.95. The van der Waals surface area contributed by atoms with Crippen LogP contribution in [0.1, 0.15) is 57.9 Å². The highest BCUT2D eigenvalue weighted by molar-refractivity contribution is 7.90. The molecule has 10 nitrogen and oxygen atoms in total. The smallest absolute Gasteiger partial charge is 0.281 e. The molecule has 3 N–H and O–H groups in total. The van der Waals surface area contributed by atoms with Crippen molar-refractivity contribution >= 4 is 27.6 Å². The number of rotatable bonds is 8. The molecule has 5 rings (SSSR count). The van der Waals surface area contributed by atoms with E-state index in [2.05, 4.69) is 31.7 Å². The van der Waals surface area contributed by atoms with Crippen LogP contribution in [0.25, 0.3) is 11.3 Å². The molecule has 0 spiro atoms. The van der Waals surface area contributed by atoms with Gasteiger partial charge in [-0.1, -0.05) is 36.4 Å². The van der Waals surface area contributed by atoms with Crippen molar-refractivity contribution in [1.82, 2.24) is 19.7 Å². The number of piperidine rings is 1. The number of aromatic nitrogens is 3. The topological polar surface area (TPSA) is 140 Å². The van der Waals surface area contributed by atoms with Crippen molar-refractivity contribution in [2.45, 2.75) is 50.3 Å². The molecule has 0 bridgehead atoms. The summed E-state index contributed by atoms with van der Waals surface area (Å²) in [5, 5.41) is -0.341. The lowest BCUT2D eigenvalue weighted by Gasteiger charge is -2.38. The Kier molecular flexibility index (Phi) is 8.16. The van der Waals surface area contributed by atoms with Crippen LogP contribution in [0.3, 0.4) is 0 Å². The molecule has 1 aliphatic heterocycles. The van der Waals surface area contributed by atoms with Crippen molar-refractivity contribution in [1.29, 1.82) is 0 Å². The summed E-state index contributed by atoms with van der Waals surface area (Å²) >= 11 is 0. The molecule has 1 amide bonds. The highest BCUT2D eigenvalue weighted by Crippen LogP contribution is 2.37. The fourth-order valence-corrected chi connectivity index (χ4v) is 5.81. The van der Waals surface area contributed by atoms with E-state index in [0.717, 1.165) is 30.4 Å². The molecule has 0 aliphatic carbocycles. The molecule has 1 atom stereocenters. The van der Waals surface area contributed by atoms with Gasteiger partial charge in [0.25, 0.3) is 15.9 Å². The molecule has 0 saturated carbocycles. The number of hydrogen-bond donors (Lipinski definition) is 2. The monoisotopic (exact) mass is 576 g/mol. The van der Waals surface area contributed by atoms with E-state index in [1.807, 2.05) is 38.1 Å². The summed E-state index contributed by atoms with van der Waals surface area (Å²) in [5.41, 5.74) is 8.24. The molecule has 41 heavy (non-hydrogen) atoms. The molecule has 3 aromatic heterocycles.